The van der Waals surface area contributed by atoms with Crippen molar-refractivity contribution in [1.29, 1.82) is 0 Å². The summed E-state index contributed by atoms with van der Waals surface area (Å²) in [5.41, 5.74) is 0.964. The second-order valence-corrected chi connectivity index (χ2v) is 7.97. The molecule has 154 valence electrons. The molecule has 0 bridgehead atoms. The number of carbonyl (C=O) groups excluding carboxylic acids is 3. The van der Waals surface area contributed by atoms with E-state index >= 15 is 0 Å². The number of hydrogen-bond donors (Lipinski definition) is 2. The fourth-order valence-electron chi connectivity index (χ4n) is 2.38. The quantitative estimate of drug-likeness (QED) is 0.502. The van der Waals surface area contributed by atoms with Gasteiger partial charge in [-0.2, -0.15) is 0 Å². The van der Waals surface area contributed by atoms with Gasteiger partial charge in [-0.3, -0.25) is 9.59 Å². The predicted octanol–water partition coefficient (Wildman–Crippen LogP) is 2.37. The van der Waals surface area contributed by atoms with Crippen molar-refractivity contribution in [3.05, 3.63) is 59.7 Å². The third-order valence-electron chi connectivity index (χ3n) is 3.93. The van der Waals surface area contributed by atoms with Crippen LogP contribution in [-0.2, 0) is 19.6 Å². The van der Waals surface area contributed by atoms with Crippen molar-refractivity contribution >= 4 is 33.4 Å². The van der Waals surface area contributed by atoms with Gasteiger partial charge in [0, 0.05) is 17.8 Å². The molecule has 0 saturated heterocycles. The van der Waals surface area contributed by atoms with E-state index < -0.39 is 28.0 Å². The van der Waals surface area contributed by atoms with Gasteiger partial charge in [0.05, 0.1) is 10.5 Å². The maximum Gasteiger partial charge on any atom is 0.338 e. The van der Waals surface area contributed by atoms with Crippen molar-refractivity contribution < 1.29 is 27.5 Å². The van der Waals surface area contributed by atoms with Crippen molar-refractivity contribution in [3.63, 3.8) is 0 Å². The lowest BCUT2D eigenvalue weighted by atomic mass is 10.1. The van der Waals surface area contributed by atoms with E-state index in [1.807, 2.05) is 0 Å². The molecule has 2 N–H and O–H groups in total. The lowest BCUT2D eigenvalue weighted by molar-refractivity contribution is -0.123. The van der Waals surface area contributed by atoms with Gasteiger partial charge in [-0.05, 0) is 56.3 Å². The highest BCUT2D eigenvalue weighted by molar-refractivity contribution is 7.89. The molecule has 0 heterocycles. The Kier molecular flexibility index (Phi) is 7.24. The second kappa shape index (κ2) is 9.44. The minimum Gasteiger partial charge on any atom is -0.449 e. The van der Waals surface area contributed by atoms with E-state index in [-0.39, 0.29) is 22.8 Å². The zero-order chi connectivity index (χ0) is 21.6. The van der Waals surface area contributed by atoms with Crippen LogP contribution in [0.3, 0.4) is 0 Å². The molecule has 0 aromatic heterocycles. The molecular weight excluding hydrogens is 396 g/mol. The smallest absolute Gasteiger partial charge is 0.338 e. The van der Waals surface area contributed by atoms with Gasteiger partial charge in [0.15, 0.2) is 11.9 Å². The van der Waals surface area contributed by atoms with E-state index in [4.69, 9.17) is 4.74 Å². The van der Waals surface area contributed by atoms with Crippen molar-refractivity contribution in [2.24, 2.45) is 0 Å². The summed E-state index contributed by atoms with van der Waals surface area (Å²) in [6.07, 6.45) is -1.12. The minimum atomic E-state index is -3.72. The van der Waals surface area contributed by atoms with Crippen LogP contribution in [0.4, 0.5) is 5.69 Å². The van der Waals surface area contributed by atoms with Crippen molar-refractivity contribution in [2.45, 2.75) is 31.8 Å². The number of benzene rings is 2. The van der Waals surface area contributed by atoms with Gasteiger partial charge in [-0.1, -0.05) is 13.0 Å². The second-order valence-electron chi connectivity index (χ2n) is 6.20. The molecule has 0 radical (unpaired) electrons. The highest BCUT2D eigenvalue weighted by Gasteiger charge is 2.21. The number of hydrogen-bond acceptors (Lipinski definition) is 6. The molecule has 0 saturated carbocycles. The Balaban J connectivity index is 2.04. The first-order valence-electron chi connectivity index (χ1n) is 8.86. The van der Waals surface area contributed by atoms with Crippen LogP contribution in [0.5, 0.6) is 0 Å². The molecular formula is C20H22N2O6S. The Morgan fingerprint density at radius 3 is 2.28 bits per heavy atom. The highest BCUT2D eigenvalue weighted by atomic mass is 32.2. The maximum absolute atomic E-state index is 12.3. The number of esters is 1. The average molecular weight is 418 g/mol. The molecule has 0 aliphatic heterocycles. The van der Waals surface area contributed by atoms with Crippen LogP contribution in [0.15, 0.2) is 53.4 Å². The fraction of sp³-hybridized carbons (Fsp3) is 0.250. The normalized spacial score (nSPS) is 12.1. The molecule has 8 nitrogen and oxygen atoms in total. The Hall–Kier alpha value is -3.04. The zero-order valence-electron chi connectivity index (χ0n) is 16.3. The van der Waals surface area contributed by atoms with Crippen LogP contribution in [0.25, 0.3) is 0 Å². The van der Waals surface area contributed by atoms with Gasteiger partial charge in [-0.15, -0.1) is 0 Å². The summed E-state index contributed by atoms with van der Waals surface area (Å²) in [5, 5.41) is 2.58. The summed E-state index contributed by atoms with van der Waals surface area (Å²) >= 11 is 0. The summed E-state index contributed by atoms with van der Waals surface area (Å²) in [7, 11) is -3.72. The number of Topliss-reactive ketones (excluding diaryl/α,β-unsaturated/α-hetero) is 1. The maximum atomic E-state index is 12.3. The van der Waals surface area contributed by atoms with E-state index in [9.17, 15) is 22.8 Å². The molecule has 29 heavy (non-hydrogen) atoms. The van der Waals surface area contributed by atoms with E-state index in [0.29, 0.717) is 11.3 Å². The average Bonchev–Trinajstić information content (AvgIpc) is 2.68. The van der Waals surface area contributed by atoms with Gasteiger partial charge < -0.3 is 10.1 Å². The Bertz CT molecular complexity index is 1020. The number of sulfonamides is 1. The minimum absolute atomic E-state index is 0.00874. The SMILES string of the molecule is CCNS(=O)(=O)c1cccc(C(=O)OC(C)C(=O)Nc2ccc(C(C)=O)cc2)c1. The van der Waals surface area contributed by atoms with Gasteiger partial charge in [0.2, 0.25) is 10.0 Å². The monoisotopic (exact) mass is 418 g/mol. The van der Waals surface area contributed by atoms with Crippen molar-refractivity contribution in [2.75, 3.05) is 11.9 Å². The molecule has 1 amide bonds. The van der Waals surface area contributed by atoms with Crippen LogP contribution < -0.4 is 10.0 Å². The van der Waals surface area contributed by atoms with Gasteiger partial charge in [0.1, 0.15) is 0 Å². The van der Waals surface area contributed by atoms with Crippen LogP contribution in [0.1, 0.15) is 41.5 Å². The molecule has 1 atom stereocenters. The van der Waals surface area contributed by atoms with Gasteiger partial charge in [0.25, 0.3) is 5.91 Å². The number of nitrogens with one attached hydrogen (secondary N) is 2. The first-order valence-corrected chi connectivity index (χ1v) is 10.3. The highest BCUT2D eigenvalue weighted by Crippen LogP contribution is 2.14. The summed E-state index contributed by atoms with van der Waals surface area (Å²) in [4.78, 5) is 35.8. The number of anilines is 1. The summed E-state index contributed by atoms with van der Waals surface area (Å²) in [6.45, 7) is 4.69. The lowest BCUT2D eigenvalue weighted by Gasteiger charge is -2.14. The van der Waals surface area contributed by atoms with E-state index in [0.717, 1.165) is 0 Å². The first kappa shape index (κ1) is 22.3. The molecule has 0 aliphatic rings. The van der Waals surface area contributed by atoms with Crippen molar-refractivity contribution in [1.82, 2.24) is 4.72 Å². The molecule has 0 spiro atoms. The fourth-order valence-corrected chi connectivity index (χ4v) is 3.46. The lowest BCUT2D eigenvalue weighted by Crippen LogP contribution is -2.30. The molecule has 0 fully saturated rings. The Morgan fingerprint density at radius 1 is 1.03 bits per heavy atom. The van der Waals surface area contributed by atoms with Crippen LogP contribution in [0.2, 0.25) is 0 Å². The molecule has 2 rings (SSSR count). The number of ether oxygens (including phenoxy) is 1. The number of ketones is 1. The molecule has 9 heteroatoms. The summed E-state index contributed by atoms with van der Waals surface area (Å²) < 4.78 is 31.6. The zero-order valence-corrected chi connectivity index (χ0v) is 17.1. The van der Waals surface area contributed by atoms with Gasteiger partial charge in [-0.25, -0.2) is 17.9 Å². The van der Waals surface area contributed by atoms with E-state index in [1.165, 1.54) is 38.1 Å². The largest absolute Gasteiger partial charge is 0.449 e. The van der Waals surface area contributed by atoms with Crippen LogP contribution >= 0.6 is 0 Å². The molecule has 1 unspecified atom stereocenters. The number of amides is 1. The van der Waals surface area contributed by atoms with Crippen LogP contribution in [0, 0.1) is 0 Å². The van der Waals surface area contributed by atoms with E-state index in [1.54, 1.807) is 31.2 Å². The third kappa shape index (κ3) is 5.97. The number of rotatable bonds is 8. The summed E-state index contributed by atoms with van der Waals surface area (Å²) in [6, 6.07) is 11.6. The van der Waals surface area contributed by atoms with Crippen molar-refractivity contribution in [3.8, 4) is 0 Å². The molecule has 0 aliphatic carbocycles. The number of carbonyl (C=O) groups is 3. The van der Waals surface area contributed by atoms with Crippen LogP contribution in [-0.4, -0.2) is 38.7 Å². The molecule has 2 aromatic carbocycles. The summed E-state index contributed by atoms with van der Waals surface area (Å²) in [5.74, 6) is -1.48. The third-order valence-corrected chi connectivity index (χ3v) is 5.47. The Labute approximate surface area is 169 Å². The first-order chi connectivity index (χ1) is 13.6. The van der Waals surface area contributed by atoms with E-state index in [2.05, 4.69) is 10.0 Å². The molecule has 2 aromatic rings. The Morgan fingerprint density at radius 2 is 1.69 bits per heavy atom. The predicted molar refractivity (Wildman–Crippen MR) is 107 cm³/mol. The van der Waals surface area contributed by atoms with Gasteiger partial charge >= 0.3 is 5.97 Å². The standard InChI is InChI=1S/C20H22N2O6S/c1-4-21-29(26,27)18-7-5-6-16(12-18)20(25)28-14(3)19(24)22-17-10-8-15(9-11-17)13(2)23/h5-12,14,21H,4H2,1-3H3,(H,22,24). The topological polar surface area (TPSA) is 119 Å².